The van der Waals surface area contributed by atoms with E-state index < -0.39 is 29.6 Å². The Morgan fingerprint density at radius 1 is 1.35 bits per heavy atom. The van der Waals surface area contributed by atoms with Gasteiger partial charge in [-0.15, -0.1) is 6.42 Å². The molecule has 0 aromatic heterocycles. The summed E-state index contributed by atoms with van der Waals surface area (Å²) in [5.74, 6) is 1.50. The van der Waals surface area contributed by atoms with Gasteiger partial charge in [-0.2, -0.15) is 8.42 Å². The molecule has 0 heterocycles. The van der Waals surface area contributed by atoms with Crippen LogP contribution in [0.2, 0.25) is 0 Å². The van der Waals surface area contributed by atoms with Crippen molar-refractivity contribution in [1.82, 2.24) is 0 Å². The second-order valence-electron chi connectivity index (χ2n) is 3.79. The molecule has 0 aliphatic rings. The van der Waals surface area contributed by atoms with Crippen LogP contribution in [0, 0.1) is 19.3 Å². The van der Waals surface area contributed by atoms with E-state index in [1.165, 1.54) is 6.92 Å². The fraction of sp³-hybridized carbons (Fsp3) is 0.200. The minimum atomic E-state index is -5.32. The molecule has 0 aliphatic carbocycles. The van der Waals surface area contributed by atoms with Crippen LogP contribution in [0.5, 0.6) is 5.75 Å². The van der Waals surface area contributed by atoms with E-state index >= 15 is 0 Å². The van der Waals surface area contributed by atoms with E-state index in [1.807, 2.05) is 0 Å². The fourth-order valence-electron chi connectivity index (χ4n) is 1.52. The van der Waals surface area contributed by atoms with Crippen molar-refractivity contribution in [3.8, 4) is 18.1 Å². The van der Waals surface area contributed by atoms with Gasteiger partial charge in [0, 0.05) is 5.56 Å². The van der Waals surface area contributed by atoms with E-state index in [2.05, 4.69) is 10.1 Å². The van der Waals surface area contributed by atoms with Gasteiger partial charge >= 0.3 is 68.9 Å². The zero-order chi connectivity index (χ0) is 14.8. The molecule has 0 atom stereocenters. The van der Waals surface area contributed by atoms with E-state index in [0.29, 0.717) is 0 Å². The van der Waals surface area contributed by atoms with Crippen LogP contribution in [-0.2, 0) is 16.8 Å². The molecular weight excluding hydrogens is 326 g/mol. The minimum Gasteiger partial charge on any atom is -0.449 e. The van der Waals surface area contributed by atoms with Crippen LogP contribution in [-0.4, -0.2) is 15.4 Å². The van der Waals surface area contributed by atoms with Crippen LogP contribution in [0.1, 0.15) is 16.7 Å². The molecule has 1 aromatic carbocycles. The number of rotatable bonds is 4. The average Bonchev–Trinajstić information content (AvgIpc) is 2.18. The van der Waals surface area contributed by atoms with Crippen molar-refractivity contribution in [3.05, 3.63) is 28.8 Å². The fourth-order valence-corrected chi connectivity index (χ4v) is 1.85. The van der Waals surface area contributed by atoms with Gasteiger partial charge in [-0.1, -0.05) is 21.7 Å². The third kappa shape index (κ3) is 6.60. The second-order valence-corrected chi connectivity index (χ2v) is 4.74. The predicted octanol–water partition coefficient (Wildman–Crippen LogP) is -0.497. The van der Waals surface area contributed by atoms with Crippen LogP contribution in [0.15, 0.2) is 12.1 Å². The van der Waals surface area contributed by atoms with Gasteiger partial charge in [-0.25, -0.2) is 0 Å². The summed E-state index contributed by atoms with van der Waals surface area (Å²) in [5, 5.41) is 0. The Labute approximate surface area is 157 Å². The second kappa shape index (κ2) is 7.29. The molecule has 1 aromatic rings. The first-order valence-corrected chi connectivity index (χ1v) is 6.28. The van der Waals surface area contributed by atoms with E-state index in [4.69, 9.17) is 6.42 Å². The molecule has 0 saturated heterocycles. The van der Waals surface area contributed by atoms with Crippen LogP contribution < -0.4 is 55.6 Å². The first kappa shape index (κ1) is 20.0. The minimum absolute atomic E-state index is 0. The summed E-state index contributed by atoms with van der Waals surface area (Å²) in [6.45, 7) is -3.78. The molecule has 104 valence electrons. The quantitative estimate of drug-likeness (QED) is 0.323. The van der Waals surface area contributed by atoms with E-state index in [0.717, 1.165) is 12.1 Å². The van der Waals surface area contributed by atoms with Crippen LogP contribution in [0.25, 0.3) is 0 Å². The predicted molar refractivity (Wildman–Crippen MR) is 62.6 cm³/mol. The zero-order valence-electron chi connectivity index (χ0n) is 10.7. The standard InChI is InChI=1S/C10H8BF4O3S.K/c1-3-8-4-10(18-19(15,16)17)5-9(7(8)2)6-11(12,13)14;/h1,4-5H,6H2,2H3;/q-1;+1. The molecule has 0 unspecified atom stereocenters. The van der Waals surface area contributed by atoms with Gasteiger partial charge in [-0.05, 0) is 24.6 Å². The summed E-state index contributed by atoms with van der Waals surface area (Å²) in [4.78, 5) is 0. The number of hydrogen-bond acceptors (Lipinski definition) is 3. The molecule has 0 amide bonds. The smallest absolute Gasteiger partial charge is 0.449 e. The Morgan fingerprint density at radius 3 is 2.30 bits per heavy atom. The molecule has 0 saturated carbocycles. The van der Waals surface area contributed by atoms with Gasteiger partial charge in [-0.3, -0.25) is 0 Å². The maximum Gasteiger partial charge on any atom is 1.00 e. The Morgan fingerprint density at radius 2 is 1.90 bits per heavy atom. The summed E-state index contributed by atoms with van der Waals surface area (Å²) in [5.41, 5.74) is -0.0666. The van der Waals surface area contributed by atoms with Crippen LogP contribution >= 0.6 is 0 Å². The van der Waals surface area contributed by atoms with Gasteiger partial charge in [0.2, 0.25) is 0 Å². The van der Waals surface area contributed by atoms with Gasteiger partial charge in [0.05, 0.1) is 0 Å². The maximum absolute atomic E-state index is 12.4. The summed E-state index contributed by atoms with van der Waals surface area (Å²) in [7, 11) is -5.32. The molecular formula is C10H8BF4KO3S. The maximum atomic E-state index is 12.4. The first-order valence-electron chi connectivity index (χ1n) is 4.97. The Hall–Kier alpha value is -0.0487. The summed E-state index contributed by atoms with van der Waals surface area (Å²) in [6.07, 6.45) is 3.83. The molecule has 0 bridgehead atoms. The van der Waals surface area contributed by atoms with Crippen LogP contribution in [0.4, 0.5) is 16.8 Å². The van der Waals surface area contributed by atoms with E-state index in [9.17, 15) is 25.3 Å². The van der Waals surface area contributed by atoms with E-state index in [1.54, 1.807) is 0 Å². The van der Waals surface area contributed by atoms with Crippen molar-refractivity contribution in [1.29, 1.82) is 0 Å². The number of terminal acetylenes is 1. The Kier molecular flexibility index (Phi) is 7.27. The third-order valence-electron chi connectivity index (χ3n) is 2.29. The van der Waals surface area contributed by atoms with Gasteiger partial charge in [0.15, 0.2) is 0 Å². The van der Waals surface area contributed by atoms with E-state index in [-0.39, 0.29) is 68.1 Å². The van der Waals surface area contributed by atoms with Gasteiger partial charge < -0.3 is 17.1 Å². The van der Waals surface area contributed by atoms with Crippen molar-refractivity contribution in [2.24, 2.45) is 0 Å². The Bertz CT molecular complexity index is 637. The van der Waals surface area contributed by atoms with Crippen molar-refractivity contribution < 1.29 is 80.8 Å². The van der Waals surface area contributed by atoms with Gasteiger partial charge in [0.25, 0.3) is 0 Å². The largest absolute Gasteiger partial charge is 1.00 e. The van der Waals surface area contributed by atoms with Crippen molar-refractivity contribution in [3.63, 3.8) is 0 Å². The third-order valence-corrected chi connectivity index (χ3v) is 2.68. The number of halogens is 4. The summed E-state index contributed by atoms with van der Waals surface area (Å²) in [6, 6.07) is 1.79. The number of hydrogen-bond donors (Lipinski definition) is 0. The molecule has 3 nitrogen and oxygen atoms in total. The molecule has 0 radical (unpaired) electrons. The number of benzene rings is 1. The SMILES string of the molecule is C#Cc1cc(OS(=O)(=O)F)cc(C[B-](F)(F)F)c1C.[K+]. The molecule has 0 aliphatic heterocycles. The Balaban J connectivity index is 0.00000361. The normalized spacial score (nSPS) is 11.4. The van der Waals surface area contributed by atoms with Gasteiger partial charge in [0.1, 0.15) is 5.75 Å². The first-order chi connectivity index (χ1) is 8.52. The molecule has 0 spiro atoms. The molecule has 10 heteroatoms. The average molecular weight is 334 g/mol. The topological polar surface area (TPSA) is 43.4 Å². The van der Waals surface area contributed by atoms with Crippen molar-refractivity contribution in [2.75, 3.05) is 0 Å². The zero-order valence-corrected chi connectivity index (χ0v) is 14.6. The summed E-state index contributed by atoms with van der Waals surface area (Å²) >= 11 is 0. The molecule has 20 heavy (non-hydrogen) atoms. The molecule has 0 N–H and O–H groups in total. The molecule has 0 fully saturated rings. The van der Waals surface area contributed by atoms with Crippen molar-refractivity contribution >= 4 is 17.5 Å². The monoisotopic (exact) mass is 334 g/mol. The molecule has 1 rings (SSSR count). The summed E-state index contributed by atoms with van der Waals surface area (Å²) < 4.78 is 74.1. The van der Waals surface area contributed by atoms with Crippen LogP contribution in [0.3, 0.4) is 0 Å². The van der Waals surface area contributed by atoms with Crippen molar-refractivity contribution in [2.45, 2.75) is 13.2 Å².